The van der Waals surface area contributed by atoms with E-state index in [-0.39, 0.29) is 0 Å². The molecule has 2 aromatic heterocycles. The minimum Gasteiger partial charge on any atom is -0.493 e. The summed E-state index contributed by atoms with van der Waals surface area (Å²) in [5, 5.41) is 5.70. The third-order valence-corrected chi connectivity index (χ3v) is 3.55. The van der Waals surface area contributed by atoms with Crippen LogP contribution in [-0.2, 0) is 0 Å². The first kappa shape index (κ1) is 13.2. The molecule has 0 atom stereocenters. The summed E-state index contributed by atoms with van der Waals surface area (Å²) in [6.45, 7) is 0.579. The average Bonchev–Trinajstić information content (AvgIpc) is 2.88. The molecule has 0 saturated carbocycles. The summed E-state index contributed by atoms with van der Waals surface area (Å²) in [7, 11) is 0. The van der Waals surface area contributed by atoms with Gasteiger partial charge in [0.2, 0.25) is 5.16 Å². The summed E-state index contributed by atoms with van der Waals surface area (Å²) < 4.78 is 7.25. The van der Waals surface area contributed by atoms with Gasteiger partial charge in [-0.05, 0) is 30.3 Å². The van der Waals surface area contributed by atoms with Crippen LogP contribution >= 0.6 is 23.4 Å². The molecule has 5 nitrogen and oxygen atoms in total. The van der Waals surface area contributed by atoms with Crippen molar-refractivity contribution in [1.29, 1.82) is 0 Å². The Balaban J connectivity index is 1.51. The van der Waals surface area contributed by atoms with Gasteiger partial charge in [-0.3, -0.25) is 0 Å². The third-order valence-electron chi connectivity index (χ3n) is 2.49. The molecule has 3 rings (SSSR count). The van der Waals surface area contributed by atoms with Crippen LogP contribution in [0.15, 0.2) is 47.9 Å². The molecule has 0 saturated heterocycles. The number of thioether (sulfide) groups is 1. The monoisotopic (exact) mass is 306 g/mol. The van der Waals surface area contributed by atoms with E-state index in [4.69, 9.17) is 16.3 Å². The van der Waals surface area contributed by atoms with E-state index in [0.29, 0.717) is 22.6 Å². The molecular formula is C13H11ClN4OS. The zero-order valence-corrected chi connectivity index (χ0v) is 12.0. The Morgan fingerprint density at radius 1 is 1.25 bits per heavy atom. The molecule has 7 heteroatoms. The average molecular weight is 307 g/mol. The predicted octanol–water partition coefficient (Wildman–Crippen LogP) is 2.95. The van der Waals surface area contributed by atoms with Crippen LogP contribution in [-0.4, -0.2) is 31.9 Å². The number of halogens is 1. The van der Waals surface area contributed by atoms with Crippen LogP contribution in [0, 0.1) is 0 Å². The minimum absolute atomic E-state index is 0.579. The Morgan fingerprint density at radius 3 is 2.90 bits per heavy atom. The standard InChI is InChI=1S/C13H11ClN4OS/c14-10-2-4-11(5-3-10)19-8-9-20-13-16-12-15-6-1-7-18(12)17-13/h1-7H,8-9H2. The van der Waals surface area contributed by atoms with Gasteiger partial charge in [0.05, 0.1) is 6.61 Å². The molecule has 0 unspecified atom stereocenters. The van der Waals surface area contributed by atoms with Gasteiger partial charge < -0.3 is 4.74 Å². The van der Waals surface area contributed by atoms with Crippen molar-refractivity contribution in [1.82, 2.24) is 19.6 Å². The summed E-state index contributed by atoms with van der Waals surface area (Å²) in [5.74, 6) is 2.17. The first-order valence-electron chi connectivity index (χ1n) is 6.00. The highest BCUT2D eigenvalue weighted by atomic mass is 35.5. The highest BCUT2D eigenvalue weighted by Crippen LogP contribution is 2.17. The summed E-state index contributed by atoms with van der Waals surface area (Å²) in [5.41, 5.74) is 0. The SMILES string of the molecule is Clc1ccc(OCCSc2nc3ncccn3n2)cc1. The summed E-state index contributed by atoms with van der Waals surface area (Å²) in [6.07, 6.45) is 3.52. The van der Waals surface area contributed by atoms with Crippen LogP contribution in [0.25, 0.3) is 5.78 Å². The molecule has 3 aromatic rings. The van der Waals surface area contributed by atoms with Gasteiger partial charge in [0.1, 0.15) is 5.75 Å². The second-order valence-electron chi connectivity index (χ2n) is 3.91. The molecular weight excluding hydrogens is 296 g/mol. The smallest absolute Gasteiger partial charge is 0.253 e. The van der Waals surface area contributed by atoms with Crippen molar-refractivity contribution in [2.75, 3.05) is 12.4 Å². The molecule has 0 aliphatic rings. The Hall–Kier alpha value is -1.79. The molecule has 2 heterocycles. The van der Waals surface area contributed by atoms with E-state index in [1.54, 1.807) is 22.8 Å². The first-order chi connectivity index (χ1) is 9.81. The summed E-state index contributed by atoms with van der Waals surface area (Å²) >= 11 is 7.34. The van der Waals surface area contributed by atoms with E-state index in [2.05, 4.69) is 15.1 Å². The molecule has 0 spiro atoms. The van der Waals surface area contributed by atoms with Gasteiger partial charge in [-0.25, -0.2) is 9.50 Å². The fourth-order valence-corrected chi connectivity index (χ4v) is 2.37. The number of nitrogens with zero attached hydrogens (tertiary/aromatic N) is 4. The van der Waals surface area contributed by atoms with Crippen molar-refractivity contribution in [2.45, 2.75) is 5.16 Å². The van der Waals surface area contributed by atoms with Gasteiger partial charge in [0, 0.05) is 23.2 Å². The molecule has 0 N–H and O–H groups in total. The van der Waals surface area contributed by atoms with Crippen molar-refractivity contribution in [3.63, 3.8) is 0 Å². The maximum absolute atomic E-state index is 5.81. The molecule has 102 valence electrons. The summed E-state index contributed by atoms with van der Waals surface area (Å²) in [4.78, 5) is 8.42. The minimum atomic E-state index is 0.579. The molecule has 0 aliphatic heterocycles. The number of benzene rings is 1. The van der Waals surface area contributed by atoms with Gasteiger partial charge in [-0.15, -0.1) is 5.10 Å². The topological polar surface area (TPSA) is 52.3 Å². The van der Waals surface area contributed by atoms with Gasteiger partial charge in [0.25, 0.3) is 5.78 Å². The summed E-state index contributed by atoms with van der Waals surface area (Å²) in [6, 6.07) is 9.12. The maximum Gasteiger partial charge on any atom is 0.253 e. The Kier molecular flexibility index (Phi) is 4.03. The Bertz CT molecular complexity index is 668. The van der Waals surface area contributed by atoms with Gasteiger partial charge in [0.15, 0.2) is 0 Å². The lowest BCUT2D eigenvalue weighted by Gasteiger charge is -2.04. The zero-order chi connectivity index (χ0) is 13.8. The highest BCUT2D eigenvalue weighted by Gasteiger charge is 2.04. The fraction of sp³-hybridized carbons (Fsp3) is 0.154. The molecule has 20 heavy (non-hydrogen) atoms. The first-order valence-corrected chi connectivity index (χ1v) is 7.36. The second-order valence-corrected chi connectivity index (χ2v) is 5.41. The second kappa shape index (κ2) is 6.11. The number of hydrogen-bond acceptors (Lipinski definition) is 5. The fourth-order valence-electron chi connectivity index (χ4n) is 1.60. The lowest BCUT2D eigenvalue weighted by molar-refractivity contribution is 0.344. The quantitative estimate of drug-likeness (QED) is 0.536. The van der Waals surface area contributed by atoms with Gasteiger partial charge >= 0.3 is 0 Å². The van der Waals surface area contributed by atoms with Crippen molar-refractivity contribution in [3.8, 4) is 5.75 Å². The van der Waals surface area contributed by atoms with Crippen LogP contribution in [0.2, 0.25) is 5.02 Å². The third kappa shape index (κ3) is 3.20. The van der Waals surface area contributed by atoms with E-state index in [0.717, 1.165) is 11.5 Å². The Morgan fingerprint density at radius 2 is 2.10 bits per heavy atom. The molecule has 1 aromatic carbocycles. The number of fused-ring (bicyclic) bond motifs is 1. The molecule has 0 amide bonds. The highest BCUT2D eigenvalue weighted by molar-refractivity contribution is 7.99. The lowest BCUT2D eigenvalue weighted by atomic mass is 10.3. The molecule has 0 radical (unpaired) electrons. The van der Waals surface area contributed by atoms with E-state index < -0.39 is 0 Å². The number of aromatic nitrogens is 4. The van der Waals surface area contributed by atoms with E-state index in [1.165, 1.54) is 11.8 Å². The zero-order valence-electron chi connectivity index (χ0n) is 10.4. The van der Waals surface area contributed by atoms with Crippen LogP contribution in [0.3, 0.4) is 0 Å². The largest absolute Gasteiger partial charge is 0.493 e. The van der Waals surface area contributed by atoms with Crippen molar-refractivity contribution in [2.24, 2.45) is 0 Å². The van der Waals surface area contributed by atoms with Crippen LogP contribution in [0.5, 0.6) is 5.75 Å². The predicted molar refractivity (Wildman–Crippen MR) is 78.5 cm³/mol. The normalized spacial score (nSPS) is 10.8. The Labute approximate surface area is 125 Å². The van der Waals surface area contributed by atoms with Crippen molar-refractivity contribution >= 4 is 29.1 Å². The molecule has 0 aliphatic carbocycles. The van der Waals surface area contributed by atoms with Gasteiger partial charge in [-0.2, -0.15) is 4.98 Å². The number of ether oxygens (including phenoxy) is 1. The van der Waals surface area contributed by atoms with Crippen LogP contribution in [0.4, 0.5) is 0 Å². The van der Waals surface area contributed by atoms with Crippen molar-refractivity contribution < 1.29 is 4.74 Å². The molecule has 0 bridgehead atoms. The van der Waals surface area contributed by atoms with Crippen LogP contribution < -0.4 is 4.74 Å². The van der Waals surface area contributed by atoms with E-state index in [9.17, 15) is 0 Å². The molecule has 0 fully saturated rings. The number of rotatable bonds is 5. The van der Waals surface area contributed by atoms with E-state index >= 15 is 0 Å². The lowest BCUT2D eigenvalue weighted by Crippen LogP contribution is -2.00. The van der Waals surface area contributed by atoms with E-state index in [1.807, 2.05) is 24.4 Å². The van der Waals surface area contributed by atoms with Crippen LogP contribution in [0.1, 0.15) is 0 Å². The van der Waals surface area contributed by atoms with Gasteiger partial charge in [-0.1, -0.05) is 23.4 Å². The van der Waals surface area contributed by atoms with Crippen molar-refractivity contribution in [3.05, 3.63) is 47.7 Å². The maximum atomic E-state index is 5.81. The number of hydrogen-bond donors (Lipinski definition) is 0.